The average molecular weight is 414 g/mol. The fourth-order valence-electron chi connectivity index (χ4n) is 2.80. The van der Waals surface area contributed by atoms with Crippen LogP contribution in [-0.4, -0.2) is 30.4 Å². The molecule has 2 N–H and O–H groups in total. The zero-order chi connectivity index (χ0) is 21.9. The minimum absolute atomic E-state index is 0.0319. The standard InChI is InChI=1S/C11H11F2N3O2.C11H13N/c1-16-9(17)8(15-11(16)14)6-2-4-7(5-3-6)18-10(12)13;12-10-6-2-5-9-11-7-3-1-4-8-11/h2-5,8,10H,1H3,(H2,14,15);1,3-4,7-8H,2,5-6,9H2. The molecule has 0 radical (unpaired) electrons. The van der Waals surface area contributed by atoms with Crippen LogP contribution in [0.3, 0.4) is 0 Å². The maximum absolute atomic E-state index is 12.0. The van der Waals surface area contributed by atoms with Crippen molar-refractivity contribution in [2.24, 2.45) is 10.7 Å². The molecule has 30 heavy (non-hydrogen) atoms. The summed E-state index contributed by atoms with van der Waals surface area (Å²) in [4.78, 5) is 17.0. The fraction of sp³-hybridized carbons (Fsp3) is 0.318. The number of aliphatic imine (C=N–C) groups is 1. The third-order valence-corrected chi connectivity index (χ3v) is 4.44. The SMILES string of the molecule is CN1C(=O)C(c2ccc(OC(F)F)cc2)N=C1N.N#CCCCCc1ccccc1. The Morgan fingerprint density at radius 2 is 1.83 bits per heavy atom. The van der Waals surface area contributed by atoms with Crippen LogP contribution in [0, 0.1) is 11.3 Å². The second-order valence-corrected chi connectivity index (χ2v) is 6.59. The van der Waals surface area contributed by atoms with E-state index >= 15 is 0 Å². The number of carbonyl (C=O) groups excluding carboxylic acids is 1. The number of hydrogen-bond acceptors (Lipinski definition) is 5. The lowest BCUT2D eigenvalue weighted by molar-refractivity contribution is -0.126. The van der Waals surface area contributed by atoms with Gasteiger partial charge in [-0.15, -0.1) is 0 Å². The van der Waals surface area contributed by atoms with E-state index in [1.165, 1.54) is 41.8 Å². The number of guanidine groups is 1. The minimum Gasteiger partial charge on any atom is -0.435 e. The van der Waals surface area contributed by atoms with Crippen LogP contribution in [0.2, 0.25) is 0 Å². The van der Waals surface area contributed by atoms with Crippen molar-refractivity contribution in [1.82, 2.24) is 4.90 Å². The first kappa shape index (κ1) is 22.8. The number of alkyl halides is 2. The van der Waals surface area contributed by atoms with Crippen LogP contribution in [0.25, 0.3) is 0 Å². The summed E-state index contributed by atoms with van der Waals surface area (Å²) < 4.78 is 28.1. The average Bonchev–Trinajstić information content (AvgIpc) is 3.00. The molecule has 8 heteroatoms. The zero-order valence-corrected chi connectivity index (χ0v) is 16.7. The number of rotatable bonds is 7. The lowest BCUT2D eigenvalue weighted by Crippen LogP contribution is -2.34. The van der Waals surface area contributed by atoms with Crippen LogP contribution < -0.4 is 10.5 Å². The van der Waals surface area contributed by atoms with E-state index in [-0.39, 0.29) is 17.6 Å². The predicted molar refractivity (Wildman–Crippen MR) is 110 cm³/mol. The van der Waals surface area contributed by atoms with E-state index in [4.69, 9.17) is 11.0 Å². The lowest BCUT2D eigenvalue weighted by Gasteiger charge is -2.10. The molecule has 2 aromatic carbocycles. The van der Waals surface area contributed by atoms with Gasteiger partial charge < -0.3 is 10.5 Å². The highest BCUT2D eigenvalue weighted by atomic mass is 19.3. The highest BCUT2D eigenvalue weighted by Gasteiger charge is 2.31. The Kier molecular flexibility index (Phi) is 8.75. The van der Waals surface area contributed by atoms with Crippen molar-refractivity contribution in [2.75, 3.05) is 7.05 Å². The monoisotopic (exact) mass is 414 g/mol. The first-order valence-corrected chi connectivity index (χ1v) is 9.49. The molecule has 0 saturated heterocycles. The number of aryl methyl sites for hydroxylation is 1. The molecule has 1 heterocycles. The third kappa shape index (κ3) is 6.85. The number of unbranched alkanes of at least 4 members (excludes halogenated alkanes) is 2. The molecule has 1 aliphatic rings. The van der Waals surface area contributed by atoms with Gasteiger partial charge in [0, 0.05) is 13.5 Å². The van der Waals surface area contributed by atoms with Crippen molar-refractivity contribution < 1.29 is 18.3 Å². The highest BCUT2D eigenvalue weighted by molar-refractivity contribution is 6.04. The van der Waals surface area contributed by atoms with Gasteiger partial charge in [-0.1, -0.05) is 42.5 Å². The largest absolute Gasteiger partial charge is 0.435 e. The molecule has 0 saturated carbocycles. The van der Waals surface area contributed by atoms with E-state index in [0.717, 1.165) is 19.3 Å². The maximum atomic E-state index is 12.0. The minimum atomic E-state index is -2.87. The van der Waals surface area contributed by atoms with Gasteiger partial charge >= 0.3 is 6.61 Å². The van der Waals surface area contributed by atoms with E-state index in [0.29, 0.717) is 12.0 Å². The number of ether oxygens (including phenoxy) is 1. The summed E-state index contributed by atoms with van der Waals surface area (Å²) in [6, 6.07) is 17.6. The van der Waals surface area contributed by atoms with Gasteiger partial charge in [0.15, 0.2) is 12.0 Å². The summed E-state index contributed by atoms with van der Waals surface area (Å²) in [5.41, 5.74) is 7.47. The van der Waals surface area contributed by atoms with E-state index in [9.17, 15) is 13.6 Å². The molecule has 1 amide bonds. The van der Waals surface area contributed by atoms with Crippen molar-refractivity contribution in [1.29, 1.82) is 5.26 Å². The number of nitrogens with zero attached hydrogens (tertiary/aromatic N) is 3. The van der Waals surface area contributed by atoms with Crippen molar-refractivity contribution in [3.63, 3.8) is 0 Å². The molecule has 1 atom stereocenters. The van der Waals surface area contributed by atoms with Crippen molar-refractivity contribution in [3.8, 4) is 11.8 Å². The second kappa shape index (κ2) is 11.5. The topological polar surface area (TPSA) is 91.7 Å². The summed E-state index contributed by atoms with van der Waals surface area (Å²) in [5, 5.41) is 8.31. The van der Waals surface area contributed by atoms with Crippen molar-refractivity contribution >= 4 is 11.9 Å². The van der Waals surface area contributed by atoms with Crippen LogP contribution in [0.5, 0.6) is 5.75 Å². The molecule has 0 bridgehead atoms. The van der Waals surface area contributed by atoms with E-state index < -0.39 is 12.7 Å². The zero-order valence-electron chi connectivity index (χ0n) is 16.7. The van der Waals surface area contributed by atoms with Gasteiger partial charge in [0.05, 0.1) is 6.07 Å². The molecule has 0 aromatic heterocycles. The van der Waals surface area contributed by atoms with Crippen molar-refractivity contribution in [3.05, 3.63) is 65.7 Å². The molecular formula is C22H24F2N4O2. The second-order valence-electron chi connectivity index (χ2n) is 6.59. The summed E-state index contributed by atoms with van der Waals surface area (Å²) in [7, 11) is 1.52. The molecule has 1 unspecified atom stereocenters. The van der Waals surface area contributed by atoms with Crippen molar-refractivity contribution in [2.45, 2.75) is 38.3 Å². The molecule has 6 nitrogen and oxygen atoms in total. The van der Waals surface area contributed by atoms with Crippen LogP contribution in [0.4, 0.5) is 8.78 Å². The van der Waals surface area contributed by atoms with E-state index in [2.05, 4.69) is 40.1 Å². The van der Waals surface area contributed by atoms with Gasteiger partial charge in [0.2, 0.25) is 0 Å². The maximum Gasteiger partial charge on any atom is 0.387 e. The molecule has 0 spiro atoms. The number of benzene rings is 2. The van der Waals surface area contributed by atoms with Gasteiger partial charge in [-0.2, -0.15) is 14.0 Å². The third-order valence-electron chi connectivity index (χ3n) is 4.44. The summed E-state index contributed by atoms with van der Waals surface area (Å²) >= 11 is 0. The number of halogens is 2. The number of likely N-dealkylation sites (N-methyl/N-ethyl adjacent to an activating group) is 1. The molecular weight excluding hydrogens is 390 g/mol. The van der Waals surface area contributed by atoms with Crippen LogP contribution in [0.1, 0.15) is 36.4 Å². The van der Waals surface area contributed by atoms with Crippen LogP contribution in [-0.2, 0) is 11.2 Å². The number of hydrogen-bond donors (Lipinski definition) is 1. The Labute approximate surface area is 174 Å². The molecule has 0 aliphatic carbocycles. The Bertz CT molecular complexity index is 880. The highest BCUT2D eigenvalue weighted by Crippen LogP contribution is 2.26. The molecule has 2 aromatic rings. The molecule has 158 valence electrons. The number of carbonyl (C=O) groups is 1. The first-order chi connectivity index (χ1) is 14.4. The quantitative estimate of drug-likeness (QED) is 0.692. The number of nitriles is 1. The van der Waals surface area contributed by atoms with Crippen LogP contribution >= 0.6 is 0 Å². The molecule has 3 rings (SSSR count). The van der Waals surface area contributed by atoms with Gasteiger partial charge in [-0.25, -0.2) is 4.99 Å². The fourth-order valence-corrected chi connectivity index (χ4v) is 2.80. The number of nitrogens with two attached hydrogens (primary N) is 1. The van der Waals surface area contributed by atoms with E-state index in [1.54, 1.807) is 0 Å². The van der Waals surface area contributed by atoms with Crippen LogP contribution in [0.15, 0.2) is 59.6 Å². The van der Waals surface area contributed by atoms with E-state index in [1.807, 2.05) is 6.07 Å². The smallest absolute Gasteiger partial charge is 0.387 e. The Balaban J connectivity index is 0.000000232. The lowest BCUT2D eigenvalue weighted by atomic mass is 10.1. The predicted octanol–water partition coefficient (Wildman–Crippen LogP) is 4.04. The molecule has 1 aliphatic heterocycles. The van der Waals surface area contributed by atoms with Gasteiger partial charge in [-0.3, -0.25) is 9.69 Å². The summed E-state index contributed by atoms with van der Waals surface area (Å²) in [6.45, 7) is -2.87. The summed E-state index contributed by atoms with van der Waals surface area (Å²) in [5.74, 6) is -0.0857. The summed E-state index contributed by atoms with van der Waals surface area (Å²) in [6.07, 6.45) is 3.93. The first-order valence-electron chi connectivity index (χ1n) is 9.49. The number of amides is 1. The molecule has 0 fully saturated rings. The van der Waals surface area contributed by atoms with Gasteiger partial charge in [0.1, 0.15) is 5.75 Å². The Hall–Kier alpha value is -3.47. The van der Waals surface area contributed by atoms with Gasteiger partial charge in [0.25, 0.3) is 5.91 Å². The Morgan fingerprint density at radius 1 is 1.17 bits per heavy atom. The van der Waals surface area contributed by atoms with Gasteiger partial charge in [-0.05, 0) is 42.5 Å². The normalized spacial score (nSPS) is 15.3. The Morgan fingerprint density at radius 3 is 2.37 bits per heavy atom.